The zero-order chi connectivity index (χ0) is 18.5. The van der Waals surface area contributed by atoms with E-state index < -0.39 is 0 Å². The number of carbonyl (C=O) groups is 2. The van der Waals surface area contributed by atoms with Gasteiger partial charge in [-0.25, -0.2) is 4.79 Å². The SMILES string of the molecule is CCN(Cc1noc(C2CCC2)n1)C(=O)NC[C@H]1CCCN(C(C)=O)C1. The van der Waals surface area contributed by atoms with Crippen LogP contribution in [0.1, 0.15) is 63.6 Å². The van der Waals surface area contributed by atoms with Gasteiger partial charge in [-0.1, -0.05) is 11.6 Å². The number of nitrogens with zero attached hydrogens (tertiary/aromatic N) is 4. The van der Waals surface area contributed by atoms with E-state index in [0.29, 0.717) is 43.2 Å². The van der Waals surface area contributed by atoms with Gasteiger partial charge >= 0.3 is 6.03 Å². The third-order valence-electron chi connectivity index (χ3n) is 5.45. The molecule has 1 saturated heterocycles. The summed E-state index contributed by atoms with van der Waals surface area (Å²) in [5.74, 6) is 2.08. The van der Waals surface area contributed by atoms with E-state index in [0.717, 1.165) is 38.8 Å². The molecule has 2 aliphatic rings. The van der Waals surface area contributed by atoms with Crippen LogP contribution in [0.3, 0.4) is 0 Å². The summed E-state index contributed by atoms with van der Waals surface area (Å²) in [7, 11) is 0. The summed E-state index contributed by atoms with van der Waals surface area (Å²) in [5, 5.41) is 7.01. The first-order chi connectivity index (χ1) is 12.6. The minimum atomic E-state index is -0.123. The highest BCUT2D eigenvalue weighted by Crippen LogP contribution is 2.35. The third-order valence-corrected chi connectivity index (χ3v) is 5.45. The fourth-order valence-corrected chi connectivity index (χ4v) is 3.51. The van der Waals surface area contributed by atoms with Gasteiger partial charge in [0.1, 0.15) is 0 Å². The summed E-state index contributed by atoms with van der Waals surface area (Å²) in [4.78, 5) is 32.0. The minimum Gasteiger partial charge on any atom is -0.343 e. The molecule has 3 amide bonds. The number of carbonyl (C=O) groups excluding carboxylic acids is 2. The molecular weight excluding hydrogens is 334 g/mol. The van der Waals surface area contributed by atoms with Crippen LogP contribution in [-0.2, 0) is 11.3 Å². The van der Waals surface area contributed by atoms with Crippen molar-refractivity contribution in [2.24, 2.45) is 5.92 Å². The average molecular weight is 363 g/mol. The van der Waals surface area contributed by atoms with Gasteiger partial charge in [0.2, 0.25) is 11.8 Å². The Balaban J connectivity index is 1.47. The Morgan fingerprint density at radius 1 is 1.31 bits per heavy atom. The van der Waals surface area contributed by atoms with Gasteiger partial charge in [-0.2, -0.15) is 4.98 Å². The van der Waals surface area contributed by atoms with Crippen LogP contribution in [0.5, 0.6) is 0 Å². The highest BCUT2D eigenvalue weighted by atomic mass is 16.5. The summed E-state index contributed by atoms with van der Waals surface area (Å²) in [6.45, 7) is 6.58. The number of aromatic nitrogens is 2. The molecule has 0 radical (unpaired) electrons. The van der Waals surface area contributed by atoms with Gasteiger partial charge in [0.15, 0.2) is 5.82 Å². The molecule has 1 aromatic heterocycles. The van der Waals surface area contributed by atoms with Crippen molar-refractivity contribution in [3.8, 4) is 0 Å². The Bertz CT molecular complexity index is 628. The van der Waals surface area contributed by atoms with Gasteiger partial charge in [0, 0.05) is 39.0 Å². The molecule has 2 heterocycles. The monoisotopic (exact) mass is 363 g/mol. The lowest BCUT2D eigenvalue weighted by molar-refractivity contribution is -0.130. The van der Waals surface area contributed by atoms with Crippen LogP contribution in [0.2, 0.25) is 0 Å². The molecule has 26 heavy (non-hydrogen) atoms. The lowest BCUT2D eigenvalue weighted by atomic mass is 9.85. The van der Waals surface area contributed by atoms with Crippen LogP contribution in [0.4, 0.5) is 4.79 Å². The van der Waals surface area contributed by atoms with E-state index in [9.17, 15) is 9.59 Å². The van der Waals surface area contributed by atoms with Gasteiger partial charge in [-0.3, -0.25) is 4.79 Å². The maximum atomic E-state index is 12.5. The van der Waals surface area contributed by atoms with E-state index in [1.54, 1.807) is 11.8 Å². The van der Waals surface area contributed by atoms with Crippen LogP contribution >= 0.6 is 0 Å². The summed E-state index contributed by atoms with van der Waals surface area (Å²) < 4.78 is 5.33. The molecule has 3 rings (SSSR count). The normalized spacial score (nSPS) is 20.5. The maximum absolute atomic E-state index is 12.5. The predicted molar refractivity (Wildman–Crippen MR) is 95.4 cm³/mol. The second-order valence-electron chi connectivity index (χ2n) is 7.35. The topological polar surface area (TPSA) is 91.6 Å². The number of amides is 3. The Morgan fingerprint density at radius 3 is 2.77 bits per heavy atom. The predicted octanol–water partition coefficient (Wildman–Crippen LogP) is 2.13. The molecule has 2 fully saturated rings. The van der Waals surface area contributed by atoms with Crippen LogP contribution in [-0.4, -0.2) is 58.1 Å². The van der Waals surface area contributed by atoms with Crippen LogP contribution in [0.15, 0.2) is 4.52 Å². The number of nitrogens with one attached hydrogen (secondary N) is 1. The molecule has 1 saturated carbocycles. The zero-order valence-electron chi connectivity index (χ0n) is 15.7. The lowest BCUT2D eigenvalue weighted by Crippen LogP contribution is -2.46. The van der Waals surface area contributed by atoms with Crippen LogP contribution in [0, 0.1) is 5.92 Å². The summed E-state index contributed by atoms with van der Waals surface area (Å²) >= 11 is 0. The Hall–Kier alpha value is -2.12. The number of urea groups is 1. The summed E-state index contributed by atoms with van der Waals surface area (Å²) in [5.41, 5.74) is 0. The molecule has 8 heteroatoms. The number of hydrogen-bond donors (Lipinski definition) is 1. The Labute approximate surface area is 154 Å². The van der Waals surface area contributed by atoms with Gasteiger partial charge in [0.25, 0.3) is 0 Å². The molecule has 1 aliphatic carbocycles. The van der Waals surface area contributed by atoms with Crippen molar-refractivity contribution in [1.29, 1.82) is 0 Å². The molecule has 0 bridgehead atoms. The molecule has 1 N–H and O–H groups in total. The van der Waals surface area contributed by atoms with Crippen molar-refractivity contribution in [1.82, 2.24) is 25.3 Å². The van der Waals surface area contributed by atoms with Crippen molar-refractivity contribution in [3.05, 3.63) is 11.7 Å². The van der Waals surface area contributed by atoms with Crippen molar-refractivity contribution >= 4 is 11.9 Å². The average Bonchev–Trinajstić information content (AvgIpc) is 3.04. The van der Waals surface area contributed by atoms with Gasteiger partial charge in [0.05, 0.1) is 6.54 Å². The number of piperidine rings is 1. The largest absolute Gasteiger partial charge is 0.343 e. The van der Waals surface area contributed by atoms with Crippen molar-refractivity contribution in [2.75, 3.05) is 26.2 Å². The van der Waals surface area contributed by atoms with E-state index in [4.69, 9.17) is 4.52 Å². The molecule has 0 spiro atoms. The van der Waals surface area contributed by atoms with Crippen LogP contribution < -0.4 is 5.32 Å². The first kappa shape index (κ1) is 18.7. The van der Waals surface area contributed by atoms with E-state index in [2.05, 4.69) is 15.5 Å². The molecule has 0 aromatic carbocycles. The molecule has 8 nitrogen and oxygen atoms in total. The third kappa shape index (κ3) is 4.53. The molecule has 1 atom stereocenters. The zero-order valence-corrected chi connectivity index (χ0v) is 15.7. The number of likely N-dealkylation sites (tertiary alicyclic amines) is 1. The molecule has 0 unspecified atom stereocenters. The highest BCUT2D eigenvalue weighted by molar-refractivity contribution is 5.74. The summed E-state index contributed by atoms with van der Waals surface area (Å²) in [6, 6.07) is -0.123. The Kier molecular flexibility index (Phi) is 6.11. The quantitative estimate of drug-likeness (QED) is 0.836. The molecule has 1 aliphatic heterocycles. The summed E-state index contributed by atoms with van der Waals surface area (Å²) in [6.07, 6.45) is 5.46. The molecule has 144 valence electrons. The second-order valence-corrected chi connectivity index (χ2v) is 7.35. The molecule has 1 aromatic rings. The smallest absolute Gasteiger partial charge is 0.317 e. The van der Waals surface area contributed by atoms with E-state index in [1.807, 2.05) is 11.8 Å². The maximum Gasteiger partial charge on any atom is 0.317 e. The number of hydrogen-bond acceptors (Lipinski definition) is 5. The van der Waals surface area contributed by atoms with E-state index in [-0.39, 0.29) is 11.9 Å². The fraction of sp³-hybridized carbons (Fsp3) is 0.778. The van der Waals surface area contributed by atoms with E-state index >= 15 is 0 Å². The first-order valence-corrected chi connectivity index (χ1v) is 9.67. The van der Waals surface area contributed by atoms with Gasteiger partial charge in [-0.05, 0) is 38.5 Å². The number of rotatable bonds is 6. The lowest BCUT2D eigenvalue weighted by Gasteiger charge is -2.32. The van der Waals surface area contributed by atoms with Crippen molar-refractivity contribution < 1.29 is 14.1 Å². The second kappa shape index (κ2) is 8.51. The first-order valence-electron chi connectivity index (χ1n) is 9.67. The van der Waals surface area contributed by atoms with E-state index in [1.165, 1.54) is 6.42 Å². The fourth-order valence-electron chi connectivity index (χ4n) is 3.51. The van der Waals surface area contributed by atoms with Gasteiger partial charge < -0.3 is 19.6 Å². The van der Waals surface area contributed by atoms with Crippen molar-refractivity contribution in [3.63, 3.8) is 0 Å². The van der Waals surface area contributed by atoms with Crippen molar-refractivity contribution in [2.45, 2.75) is 58.4 Å². The minimum absolute atomic E-state index is 0.107. The standard InChI is InChI=1S/C18H29N5O3/c1-3-22(12-16-20-17(26-21-16)15-7-4-8-15)18(25)19-10-14-6-5-9-23(11-14)13(2)24/h14-15H,3-12H2,1-2H3,(H,19,25)/t14-/m1/s1. The van der Waals surface area contributed by atoms with Gasteiger partial charge in [-0.15, -0.1) is 0 Å². The Morgan fingerprint density at radius 2 is 2.12 bits per heavy atom. The van der Waals surface area contributed by atoms with Crippen LogP contribution in [0.25, 0.3) is 0 Å². The highest BCUT2D eigenvalue weighted by Gasteiger charge is 2.26. The molecular formula is C18H29N5O3.